The van der Waals surface area contributed by atoms with E-state index in [2.05, 4.69) is 31.5 Å². The molecule has 0 fully saturated rings. The molecule has 3 aromatic rings. The van der Waals surface area contributed by atoms with Crippen LogP contribution in [0, 0.1) is 0 Å². The maximum absolute atomic E-state index is 12.4. The molecule has 0 saturated heterocycles. The van der Waals surface area contributed by atoms with Crippen molar-refractivity contribution in [2.45, 2.75) is 13.3 Å². The first kappa shape index (κ1) is 17.9. The third kappa shape index (κ3) is 4.37. The van der Waals surface area contributed by atoms with Gasteiger partial charge in [-0.05, 0) is 58.4 Å². The molecule has 0 aliphatic heterocycles. The summed E-state index contributed by atoms with van der Waals surface area (Å²) in [5.74, 6) is 0.732. The van der Waals surface area contributed by atoms with Crippen molar-refractivity contribution in [1.82, 2.24) is 4.98 Å². The van der Waals surface area contributed by atoms with Gasteiger partial charge >= 0.3 is 0 Å². The van der Waals surface area contributed by atoms with Crippen molar-refractivity contribution >= 4 is 39.2 Å². The first-order valence-electron chi connectivity index (χ1n) is 7.98. The van der Waals surface area contributed by atoms with Crippen molar-refractivity contribution in [3.05, 3.63) is 76.3 Å². The maximum Gasteiger partial charge on any atom is 0.291 e. The number of halogens is 1. The molecular weight excluding hydrogens is 398 g/mol. The highest BCUT2D eigenvalue weighted by molar-refractivity contribution is 9.10. The molecule has 2 amide bonds. The zero-order chi connectivity index (χ0) is 18.5. The molecule has 0 unspecified atom stereocenters. The Balaban J connectivity index is 1.70. The molecule has 132 valence electrons. The number of nitrogens with zero attached hydrogens (tertiary/aromatic N) is 1. The number of aromatic nitrogens is 1. The van der Waals surface area contributed by atoms with Gasteiger partial charge in [-0.3, -0.25) is 9.59 Å². The second-order valence-corrected chi connectivity index (χ2v) is 6.39. The number of aryl methyl sites for hydroxylation is 1. The second kappa shape index (κ2) is 7.97. The molecule has 2 N–H and O–H groups in total. The Morgan fingerprint density at radius 3 is 2.62 bits per heavy atom. The average Bonchev–Trinajstić information content (AvgIpc) is 3.13. The zero-order valence-corrected chi connectivity index (χ0v) is 15.5. The predicted molar refractivity (Wildman–Crippen MR) is 102 cm³/mol. The maximum atomic E-state index is 12.4. The van der Waals surface area contributed by atoms with Crippen molar-refractivity contribution in [1.29, 1.82) is 0 Å². The average molecular weight is 414 g/mol. The van der Waals surface area contributed by atoms with E-state index in [1.165, 1.54) is 0 Å². The quantitative estimate of drug-likeness (QED) is 0.644. The molecule has 0 bridgehead atoms. The summed E-state index contributed by atoms with van der Waals surface area (Å²) in [5.41, 5.74) is 0.905. The van der Waals surface area contributed by atoms with Crippen LogP contribution in [-0.4, -0.2) is 16.8 Å². The van der Waals surface area contributed by atoms with Crippen molar-refractivity contribution < 1.29 is 14.0 Å². The number of rotatable bonds is 5. The highest BCUT2D eigenvalue weighted by Crippen LogP contribution is 2.16. The van der Waals surface area contributed by atoms with Gasteiger partial charge in [0.05, 0.1) is 0 Å². The minimum atomic E-state index is -0.364. The van der Waals surface area contributed by atoms with Gasteiger partial charge in [-0.1, -0.05) is 13.0 Å². The molecule has 0 aliphatic carbocycles. The summed E-state index contributed by atoms with van der Waals surface area (Å²) in [6.07, 6.45) is 2.31. The van der Waals surface area contributed by atoms with Gasteiger partial charge in [0.25, 0.3) is 11.8 Å². The number of carbonyl (C=O) groups is 2. The lowest BCUT2D eigenvalue weighted by molar-refractivity contribution is 0.0992. The van der Waals surface area contributed by atoms with Crippen LogP contribution in [0.25, 0.3) is 0 Å². The van der Waals surface area contributed by atoms with E-state index >= 15 is 0 Å². The molecule has 26 heavy (non-hydrogen) atoms. The van der Waals surface area contributed by atoms with Crippen molar-refractivity contribution in [3.8, 4) is 0 Å². The van der Waals surface area contributed by atoms with Gasteiger partial charge in [-0.15, -0.1) is 0 Å². The van der Waals surface area contributed by atoms with Gasteiger partial charge in [0.2, 0.25) is 0 Å². The van der Waals surface area contributed by atoms with Crippen LogP contribution in [0.15, 0.2) is 63.6 Å². The van der Waals surface area contributed by atoms with Crippen LogP contribution < -0.4 is 10.6 Å². The number of anilines is 2. The smallest absolute Gasteiger partial charge is 0.291 e. The lowest BCUT2D eigenvalue weighted by Crippen LogP contribution is -2.14. The summed E-state index contributed by atoms with van der Waals surface area (Å²) >= 11 is 3.29. The van der Waals surface area contributed by atoms with Crippen LogP contribution in [0.3, 0.4) is 0 Å². The molecule has 7 heteroatoms. The Morgan fingerprint density at radius 2 is 1.92 bits per heavy atom. The van der Waals surface area contributed by atoms with Gasteiger partial charge in [0.1, 0.15) is 11.6 Å². The summed E-state index contributed by atoms with van der Waals surface area (Å²) in [4.78, 5) is 28.7. The van der Waals surface area contributed by atoms with E-state index in [1.54, 1.807) is 54.7 Å². The molecule has 0 spiro atoms. The molecule has 2 heterocycles. The fourth-order valence-electron chi connectivity index (χ4n) is 2.26. The van der Waals surface area contributed by atoms with Gasteiger partial charge in [0.15, 0.2) is 5.76 Å². The minimum Gasteiger partial charge on any atom is -0.456 e. The van der Waals surface area contributed by atoms with E-state index in [0.29, 0.717) is 23.5 Å². The third-order valence-corrected chi connectivity index (χ3v) is 4.05. The molecule has 2 aromatic heterocycles. The lowest BCUT2D eigenvalue weighted by atomic mass is 10.2. The molecule has 6 nitrogen and oxygen atoms in total. The van der Waals surface area contributed by atoms with E-state index in [0.717, 1.165) is 10.2 Å². The first-order chi connectivity index (χ1) is 12.5. The second-order valence-electron chi connectivity index (χ2n) is 5.47. The number of nitrogens with one attached hydrogen (secondary N) is 2. The SMILES string of the molecule is CCc1ccc(C(=O)Nc2cccc(C(=O)Nc3ccc(Br)cn3)c2)o1. The molecule has 0 atom stereocenters. The summed E-state index contributed by atoms with van der Waals surface area (Å²) < 4.78 is 6.25. The van der Waals surface area contributed by atoms with Crippen molar-refractivity contribution in [2.75, 3.05) is 10.6 Å². The fraction of sp³-hybridized carbons (Fsp3) is 0.105. The standard InChI is InChI=1S/C19H16BrN3O3/c1-2-15-7-8-16(26-15)19(25)22-14-5-3-4-12(10-14)18(24)23-17-9-6-13(20)11-21-17/h3-11H,2H2,1H3,(H,22,25)(H,21,23,24). The number of hydrogen-bond acceptors (Lipinski definition) is 4. The van der Waals surface area contributed by atoms with Gasteiger partial charge < -0.3 is 15.1 Å². The van der Waals surface area contributed by atoms with E-state index in [9.17, 15) is 9.59 Å². The Hall–Kier alpha value is -2.93. The van der Waals surface area contributed by atoms with Crippen molar-refractivity contribution in [2.24, 2.45) is 0 Å². The highest BCUT2D eigenvalue weighted by Gasteiger charge is 2.13. The van der Waals surface area contributed by atoms with Gasteiger partial charge in [0, 0.05) is 28.3 Å². The number of pyridine rings is 1. The Morgan fingerprint density at radius 1 is 1.08 bits per heavy atom. The largest absolute Gasteiger partial charge is 0.456 e. The number of carbonyl (C=O) groups excluding carboxylic acids is 2. The Labute approximate surface area is 158 Å². The fourth-order valence-corrected chi connectivity index (χ4v) is 2.49. The van der Waals surface area contributed by atoms with E-state index in [1.807, 2.05) is 6.92 Å². The van der Waals surface area contributed by atoms with Gasteiger partial charge in [-0.2, -0.15) is 0 Å². The molecule has 0 aliphatic rings. The molecule has 0 saturated carbocycles. The number of furan rings is 1. The van der Waals surface area contributed by atoms with Crippen LogP contribution >= 0.6 is 15.9 Å². The summed E-state index contributed by atoms with van der Waals surface area (Å²) in [6, 6.07) is 13.5. The number of hydrogen-bond donors (Lipinski definition) is 2. The van der Waals surface area contributed by atoms with Crippen LogP contribution in [0.5, 0.6) is 0 Å². The summed E-state index contributed by atoms with van der Waals surface area (Å²) in [5, 5.41) is 5.43. The number of amides is 2. The Bertz CT molecular complexity index is 935. The molecular formula is C19H16BrN3O3. The first-order valence-corrected chi connectivity index (χ1v) is 8.77. The van der Waals surface area contributed by atoms with E-state index in [-0.39, 0.29) is 17.6 Å². The lowest BCUT2D eigenvalue weighted by Gasteiger charge is -2.07. The normalized spacial score (nSPS) is 10.4. The van der Waals surface area contributed by atoms with Crippen LogP contribution in [-0.2, 0) is 6.42 Å². The summed E-state index contributed by atoms with van der Waals surface area (Å²) in [6.45, 7) is 1.95. The topological polar surface area (TPSA) is 84.2 Å². The predicted octanol–water partition coefficient (Wildman–Crippen LogP) is 4.50. The third-order valence-electron chi connectivity index (χ3n) is 3.59. The highest BCUT2D eigenvalue weighted by atomic mass is 79.9. The van der Waals surface area contributed by atoms with E-state index < -0.39 is 0 Å². The van der Waals surface area contributed by atoms with Gasteiger partial charge in [-0.25, -0.2) is 4.98 Å². The Kier molecular flexibility index (Phi) is 5.48. The minimum absolute atomic E-state index is 0.232. The van der Waals surface area contributed by atoms with Crippen LogP contribution in [0.2, 0.25) is 0 Å². The van der Waals surface area contributed by atoms with Crippen LogP contribution in [0.1, 0.15) is 33.6 Å². The molecule has 0 radical (unpaired) electrons. The summed E-state index contributed by atoms with van der Waals surface area (Å²) in [7, 11) is 0. The molecule has 1 aromatic carbocycles. The van der Waals surface area contributed by atoms with Crippen molar-refractivity contribution in [3.63, 3.8) is 0 Å². The number of benzene rings is 1. The molecule has 3 rings (SSSR count). The monoisotopic (exact) mass is 413 g/mol. The zero-order valence-electron chi connectivity index (χ0n) is 14.0. The van der Waals surface area contributed by atoms with Crippen LogP contribution in [0.4, 0.5) is 11.5 Å². The van der Waals surface area contributed by atoms with E-state index in [4.69, 9.17) is 4.42 Å².